The topological polar surface area (TPSA) is 88.8 Å². The zero-order valence-corrected chi connectivity index (χ0v) is 15.6. The molecule has 4 rings (SSSR count). The molecule has 7 heteroatoms. The summed E-state index contributed by atoms with van der Waals surface area (Å²) in [7, 11) is 0. The number of nitrogens with zero attached hydrogens (tertiary/aromatic N) is 4. The van der Waals surface area contributed by atoms with E-state index in [4.69, 9.17) is 4.63 Å². The van der Waals surface area contributed by atoms with Gasteiger partial charge < -0.3 is 10.6 Å². The fourth-order valence-corrected chi connectivity index (χ4v) is 4.14. The molecule has 3 heterocycles. The molecule has 3 aromatic rings. The molecule has 2 N–H and O–H groups in total. The maximum Gasteiger partial charge on any atom is 0.148 e. The largest absolute Gasteiger partial charge is 0.366 e. The zero-order chi connectivity index (χ0) is 18.4. The molecule has 0 aliphatic carbocycles. The molecule has 7 nitrogen and oxygen atoms in total. The molecule has 0 saturated carbocycles. The molecule has 2 aromatic heterocycles. The Morgan fingerprint density at radius 3 is 2.38 bits per heavy atom. The number of benzene rings is 1. The van der Waals surface area contributed by atoms with Crippen LogP contribution in [0.2, 0.25) is 0 Å². The summed E-state index contributed by atoms with van der Waals surface area (Å²) < 4.78 is 4.74. The molecular weight excluding hydrogens is 328 g/mol. The number of hydrogen-bond donors (Lipinski definition) is 2. The van der Waals surface area contributed by atoms with Crippen LogP contribution in [0.1, 0.15) is 40.5 Å². The number of anilines is 1. The highest BCUT2D eigenvalue weighted by Gasteiger charge is 2.37. The molecule has 0 unspecified atom stereocenters. The van der Waals surface area contributed by atoms with E-state index in [2.05, 4.69) is 58.8 Å². The van der Waals surface area contributed by atoms with Gasteiger partial charge in [0.05, 0.1) is 5.69 Å². The summed E-state index contributed by atoms with van der Waals surface area (Å²) in [5.41, 5.74) is 3.37. The molecule has 136 valence electrons. The van der Waals surface area contributed by atoms with Crippen LogP contribution in [-0.4, -0.2) is 37.6 Å². The third kappa shape index (κ3) is 3.53. The number of fused-ring (bicyclic) bond motifs is 1. The Labute approximate surface area is 152 Å². The minimum absolute atomic E-state index is 0.0911. The summed E-state index contributed by atoms with van der Waals surface area (Å²) in [5, 5.41) is 23.7. The van der Waals surface area contributed by atoms with E-state index in [0.29, 0.717) is 11.6 Å². The maximum atomic E-state index is 4.74. The third-order valence-corrected chi connectivity index (χ3v) is 4.76. The van der Waals surface area contributed by atoms with Crippen LogP contribution in [0, 0.1) is 0 Å². The quantitative estimate of drug-likeness (QED) is 0.747. The Hall–Kier alpha value is -2.54. The molecule has 1 aliphatic rings. The van der Waals surface area contributed by atoms with Crippen LogP contribution in [0.5, 0.6) is 0 Å². The molecule has 26 heavy (non-hydrogen) atoms. The third-order valence-electron chi connectivity index (χ3n) is 4.76. The Morgan fingerprint density at radius 2 is 1.69 bits per heavy atom. The van der Waals surface area contributed by atoms with Crippen LogP contribution in [0.25, 0.3) is 22.3 Å². The van der Waals surface area contributed by atoms with Crippen molar-refractivity contribution in [2.24, 2.45) is 0 Å². The second kappa shape index (κ2) is 6.02. The second-order valence-corrected chi connectivity index (χ2v) is 8.41. The number of aromatic nitrogens is 4. The lowest BCUT2D eigenvalue weighted by Crippen LogP contribution is -2.60. The summed E-state index contributed by atoms with van der Waals surface area (Å²) in [6.07, 6.45) is 2.07. The molecule has 0 spiro atoms. The summed E-state index contributed by atoms with van der Waals surface area (Å²) in [6.45, 7) is 8.97. The standard InChI is InChI=1S/C19H24N6O/c1-18(2)10-13(11-19(3,4)25-18)20-17-8-7-14(21-22-17)12-5-6-15-16(9-12)24-26-23-15/h5-9,13,25H,10-11H2,1-4H3,(H,20,22). The van der Waals surface area contributed by atoms with Crippen molar-refractivity contribution in [3.8, 4) is 11.3 Å². The van der Waals surface area contributed by atoms with Gasteiger partial charge in [-0.3, -0.25) is 0 Å². The minimum Gasteiger partial charge on any atom is -0.366 e. The van der Waals surface area contributed by atoms with Gasteiger partial charge in [0.25, 0.3) is 0 Å². The molecule has 1 aromatic carbocycles. The van der Waals surface area contributed by atoms with Crippen molar-refractivity contribution < 1.29 is 4.63 Å². The summed E-state index contributed by atoms with van der Waals surface area (Å²) >= 11 is 0. The van der Waals surface area contributed by atoms with Crippen molar-refractivity contribution in [2.45, 2.75) is 57.7 Å². The van der Waals surface area contributed by atoms with E-state index in [0.717, 1.165) is 35.4 Å². The molecule has 0 atom stereocenters. The lowest BCUT2D eigenvalue weighted by Gasteiger charge is -2.46. The van der Waals surface area contributed by atoms with E-state index in [1.807, 2.05) is 30.3 Å². The van der Waals surface area contributed by atoms with Gasteiger partial charge in [-0.25, -0.2) is 4.63 Å². The van der Waals surface area contributed by atoms with Crippen LogP contribution in [0.15, 0.2) is 35.0 Å². The average Bonchev–Trinajstić information content (AvgIpc) is 3.00. The van der Waals surface area contributed by atoms with Crippen LogP contribution >= 0.6 is 0 Å². The zero-order valence-electron chi connectivity index (χ0n) is 15.6. The predicted molar refractivity (Wildman–Crippen MR) is 101 cm³/mol. The van der Waals surface area contributed by atoms with Gasteiger partial charge in [0.2, 0.25) is 0 Å². The van der Waals surface area contributed by atoms with E-state index in [1.54, 1.807) is 0 Å². The summed E-state index contributed by atoms with van der Waals surface area (Å²) in [6, 6.07) is 10.0. The van der Waals surface area contributed by atoms with Gasteiger partial charge in [-0.1, -0.05) is 6.07 Å². The first-order chi connectivity index (χ1) is 12.3. The normalized spacial score (nSPS) is 19.5. The number of piperidine rings is 1. The first-order valence-corrected chi connectivity index (χ1v) is 8.92. The Balaban J connectivity index is 1.51. The molecule has 1 aliphatic heterocycles. The predicted octanol–water partition coefficient (Wildman–Crippen LogP) is 3.40. The van der Waals surface area contributed by atoms with E-state index >= 15 is 0 Å². The fraction of sp³-hybridized carbons (Fsp3) is 0.474. The summed E-state index contributed by atoms with van der Waals surface area (Å²) in [5.74, 6) is 0.802. The summed E-state index contributed by atoms with van der Waals surface area (Å²) in [4.78, 5) is 0. The van der Waals surface area contributed by atoms with E-state index in [1.165, 1.54) is 0 Å². The minimum atomic E-state index is 0.0911. The molecule has 1 fully saturated rings. The lowest BCUT2D eigenvalue weighted by atomic mass is 9.79. The van der Waals surface area contributed by atoms with Crippen molar-refractivity contribution >= 4 is 16.9 Å². The van der Waals surface area contributed by atoms with Gasteiger partial charge in [-0.2, -0.15) is 0 Å². The van der Waals surface area contributed by atoms with Gasteiger partial charge in [-0.15, -0.1) is 10.2 Å². The lowest BCUT2D eigenvalue weighted by molar-refractivity contribution is 0.170. The molecular formula is C19H24N6O. The Morgan fingerprint density at radius 1 is 0.962 bits per heavy atom. The van der Waals surface area contributed by atoms with Gasteiger partial charge in [-0.05, 0) is 75.1 Å². The number of nitrogens with one attached hydrogen (secondary N) is 2. The molecule has 0 amide bonds. The van der Waals surface area contributed by atoms with E-state index < -0.39 is 0 Å². The van der Waals surface area contributed by atoms with E-state index in [-0.39, 0.29) is 11.1 Å². The van der Waals surface area contributed by atoms with Crippen molar-refractivity contribution in [3.63, 3.8) is 0 Å². The van der Waals surface area contributed by atoms with Crippen LogP contribution < -0.4 is 10.6 Å². The van der Waals surface area contributed by atoms with E-state index in [9.17, 15) is 0 Å². The first kappa shape index (κ1) is 16.9. The fourth-order valence-electron chi connectivity index (χ4n) is 4.14. The highest BCUT2D eigenvalue weighted by molar-refractivity contribution is 5.79. The Bertz CT molecular complexity index is 899. The van der Waals surface area contributed by atoms with Crippen LogP contribution in [0.4, 0.5) is 5.82 Å². The Kier molecular flexibility index (Phi) is 3.91. The van der Waals surface area contributed by atoms with Crippen molar-refractivity contribution in [1.29, 1.82) is 0 Å². The maximum absolute atomic E-state index is 4.74. The van der Waals surface area contributed by atoms with Crippen molar-refractivity contribution in [2.75, 3.05) is 5.32 Å². The van der Waals surface area contributed by atoms with Crippen molar-refractivity contribution in [3.05, 3.63) is 30.3 Å². The highest BCUT2D eigenvalue weighted by Crippen LogP contribution is 2.30. The van der Waals surface area contributed by atoms with Gasteiger partial charge >= 0.3 is 0 Å². The van der Waals surface area contributed by atoms with Crippen LogP contribution in [0.3, 0.4) is 0 Å². The first-order valence-electron chi connectivity index (χ1n) is 8.92. The number of rotatable bonds is 3. The molecule has 0 bridgehead atoms. The molecule has 0 radical (unpaired) electrons. The monoisotopic (exact) mass is 352 g/mol. The van der Waals surface area contributed by atoms with Gasteiger partial charge in [0.15, 0.2) is 0 Å². The van der Waals surface area contributed by atoms with Crippen LogP contribution in [-0.2, 0) is 0 Å². The van der Waals surface area contributed by atoms with Gasteiger partial charge in [0, 0.05) is 22.7 Å². The smallest absolute Gasteiger partial charge is 0.148 e. The highest BCUT2D eigenvalue weighted by atomic mass is 16.6. The van der Waals surface area contributed by atoms with Gasteiger partial charge in [0.1, 0.15) is 16.9 Å². The second-order valence-electron chi connectivity index (χ2n) is 8.41. The molecule has 1 saturated heterocycles. The average molecular weight is 352 g/mol. The van der Waals surface area contributed by atoms with Crippen molar-refractivity contribution in [1.82, 2.24) is 25.8 Å². The SMILES string of the molecule is CC1(C)CC(Nc2ccc(-c3ccc4nonc4c3)nn2)CC(C)(C)N1. The number of hydrogen-bond acceptors (Lipinski definition) is 7.